The smallest absolute Gasteiger partial charge is 0.291 e. The van der Waals surface area contributed by atoms with Gasteiger partial charge in [0.2, 0.25) is 0 Å². The first kappa shape index (κ1) is 19.4. The Morgan fingerprint density at radius 3 is 2.57 bits per heavy atom. The number of hydrogen-bond donors (Lipinski definition) is 2. The molecule has 2 aromatic carbocycles. The summed E-state index contributed by atoms with van der Waals surface area (Å²) in [5.74, 6) is -0.541. The molecule has 3 aromatic rings. The van der Waals surface area contributed by atoms with Crippen LogP contribution in [-0.2, 0) is 13.0 Å². The molecule has 7 nitrogen and oxygen atoms in total. The highest BCUT2D eigenvalue weighted by Gasteiger charge is 2.28. The lowest BCUT2D eigenvalue weighted by Gasteiger charge is -2.17. The van der Waals surface area contributed by atoms with Crippen LogP contribution < -0.4 is 10.6 Å². The van der Waals surface area contributed by atoms with E-state index in [9.17, 15) is 14.9 Å². The summed E-state index contributed by atoms with van der Waals surface area (Å²) in [6, 6.07) is 16.4. The molecule has 2 heterocycles. The summed E-state index contributed by atoms with van der Waals surface area (Å²) in [6.45, 7) is 2.62. The summed E-state index contributed by atoms with van der Waals surface area (Å²) < 4.78 is 1.83. The maximum Gasteiger partial charge on any atom is 0.291 e. The Hall–Kier alpha value is -3.92. The zero-order valence-corrected chi connectivity index (χ0v) is 16.6. The van der Waals surface area contributed by atoms with Crippen molar-refractivity contribution in [3.8, 4) is 6.07 Å². The average Bonchev–Trinajstić information content (AvgIpc) is 3.16. The molecule has 0 aliphatic carbocycles. The summed E-state index contributed by atoms with van der Waals surface area (Å²) in [6.07, 6.45) is 2.53. The number of fused-ring (bicyclic) bond motifs is 1. The van der Waals surface area contributed by atoms with E-state index in [0.717, 1.165) is 24.1 Å². The molecule has 1 aliphatic heterocycles. The number of imidazole rings is 1. The molecule has 7 heteroatoms. The van der Waals surface area contributed by atoms with Crippen LogP contribution in [0.15, 0.2) is 48.5 Å². The van der Waals surface area contributed by atoms with Crippen LogP contribution in [0.2, 0.25) is 0 Å². The largest absolute Gasteiger partial charge is 0.323 e. The first-order valence-corrected chi connectivity index (χ1v) is 9.84. The van der Waals surface area contributed by atoms with Gasteiger partial charge in [-0.25, -0.2) is 4.98 Å². The standard InChI is InChI=1S/C23H21N5O2/c1-15-9-11-17(12-10-15)25-23(30)21-27-20(19-8-4-5-13-28(19)21)22(29)26-18-7-3-2-6-16(18)14-24/h2-3,6-7,9-12H,4-5,8,13H2,1H3,(H,25,30)(H,26,29). The van der Waals surface area contributed by atoms with Crippen molar-refractivity contribution >= 4 is 23.2 Å². The molecule has 0 spiro atoms. The molecule has 0 atom stereocenters. The zero-order valence-electron chi connectivity index (χ0n) is 16.6. The van der Waals surface area contributed by atoms with Crippen LogP contribution in [-0.4, -0.2) is 21.4 Å². The number of carbonyl (C=O) groups is 2. The lowest BCUT2D eigenvalue weighted by molar-refractivity contribution is 0.101. The highest BCUT2D eigenvalue weighted by molar-refractivity contribution is 6.07. The van der Waals surface area contributed by atoms with Crippen LogP contribution in [0.4, 0.5) is 11.4 Å². The van der Waals surface area contributed by atoms with Crippen molar-refractivity contribution in [3.63, 3.8) is 0 Å². The second-order valence-electron chi connectivity index (χ2n) is 7.27. The van der Waals surface area contributed by atoms with Gasteiger partial charge in [0.15, 0.2) is 11.5 Å². The summed E-state index contributed by atoms with van der Waals surface area (Å²) in [5.41, 5.74) is 3.55. The number of hydrogen-bond acceptors (Lipinski definition) is 4. The lowest BCUT2D eigenvalue weighted by atomic mass is 10.1. The van der Waals surface area contributed by atoms with Crippen molar-refractivity contribution in [3.05, 3.63) is 76.9 Å². The molecular weight excluding hydrogens is 378 g/mol. The van der Waals surface area contributed by atoms with E-state index in [4.69, 9.17) is 0 Å². The third kappa shape index (κ3) is 3.80. The quantitative estimate of drug-likeness (QED) is 0.695. The molecule has 0 bridgehead atoms. The SMILES string of the molecule is Cc1ccc(NC(=O)c2nc(C(=O)Nc3ccccc3C#N)c3n2CCCC3)cc1. The summed E-state index contributed by atoms with van der Waals surface area (Å²) in [4.78, 5) is 30.3. The van der Waals surface area contributed by atoms with Gasteiger partial charge in [-0.15, -0.1) is 0 Å². The van der Waals surface area contributed by atoms with Crippen LogP contribution in [0, 0.1) is 18.3 Å². The fraction of sp³-hybridized carbons (Fsp3) is 0.217. The van der Waals surface area contributed by atoms with Crippen LogP contribution in [0.5, 0.6) is 0 Å². The molecule has 0 fully saturated rings. The Morgan fingerprint density at radius 1 is 1.03 bits per heavy atom. The maximum absolute atomic E-state index is 13.0. The van der Waals surface area contributed by atoms with Crippen LogP contribution in [0.1, 0.15) is 50.8 Å². The minimum absolute atomic E-state index is 0.226. The van der Waals surface area contributed by atoms with Crippen molar-refractivity contribution in [2.24, 2.45) is 0 Å². The van der Waals surface area contributed by atoms with Crippen molar-refractivity contribution in [2.75, 3.05) is 10.6 Å². The van der Waals surface area contributed by atoms with Crippen molar-refractivity contribution < 1.29 is 9.59 Å². The Balaban J connectivity index is 1.64. The summed E-state index contributed by atoms with van der Waals surface area (Å²) in [7, 11) is 0. The van der Waals surface area contributed by atoms with E-state index in [-0.39, 0.29) is 17.4 Å². The normalized spacial score (nSPS) is 12.5. The number of rotatable bonds is 4. The van der Waals surface area contributed by atoms with Gasteiger partial charge in [0, 0.05) is 12.2 Å². The second kappa shape index (κ2) is 8.21. The Bertz CT molecular complexity index is 1160. The van der Waals surface area contributed by atoms with E-state index in [2.05, 4.69) is 21.7 Å². The van der Waals surface area contributed by atoms with Gasteiger partial charge >= 0.3 is 0 Å². The molecule has 1 aromatic heterocycles. The molecule has 150 valence electrons. The van der Waals surface area contributed by atoms with E-state index in [1.165, 1.54) is 0 Å². The lowest BCUT2D eigenvalue weighted by Crippen LogP contribution is -2.21. The van der Waals surface area contributed by atoms with Gasteiger partial charge in [-0.1, -0.05) is 29.8 Å². The monoisotopic (exact) mass is 399 g/mol. The molecule has 0 saturated carbocycles. The number of aryl methyl sites for hydroxylation is 1. The molecular formula is C23H21N5O2. The fourth-order valence-electron chi connectivity index (χ4n) is 3.59. The molecule has 2 N–H and O–H groups in total. The van der Waals surface area contributed by atoms with E-state index >= 15 is 0 Å². The van der Waals surface area contributed by atoms with Gasteiger partial charge in [-0.05, 0) is 50.5 Å². The fourth-order valence-corrected chi connectivity index (χ4v) is 3.59. The number of aromatic nitrogens is 2. The van der Waals surface area contributed by atoms with Crippen molar-refractivity contribution in [1.29, 1.82) is 5.26 Å². The summed E-state index contributed by atoms with van der Waals surface area (Å²) in [5, 5.41) is 14.9. The first-order chi connectivity index (χ1) is 14.6. The number of anilines is 2. The zero-order chi connectivity index (χ0) is 21.1. The van der Waals surface area contributed by atoms with Gasteiger partial charge in [0.1, 0.15) is 6.07 Å². The maximum atomic E-state index is 13.0. The number of carbonyl (C=O) groups excluding carboxylic acids is 2. The third-order valence-corrected chi connectivity index (χ3v) is 5.14. The Labute approximate surface area is 174 Å². The van der Waals surface area contributed by atoms with Crippen LogP contribution in [0.3, 0.4) is 0 Å². The predicted molar refractivity (Wildman–Crippen MR) is 113 cm³/mol. The topological polar surface area (TPSA) is 99.8 Å². The second-order valence-corrected chi connectivity index (χ2v) is 7.27. The van der Waals surface area contributed by atoms with E-state index in [1.807, 2.05) is 35.8 Å². The molecule has 0 radical (unpaired) electrons. The molecule has 1 aliphatic rings. The van der Waals surface area contributed by atoms with Crippen LogP contribution >= 0.6 is 0 Å². The molecule has 30 heavy (non-hydrogen) atoms. The predicted octanol–water partition coefficient (Wildman–Crippen LogP) is 3.90. The van der Waals surface area contributed by atoms with Crippen molar-refractivity contribution in [2.45, 2.75) is 32.7 Å². The van der Waals surface area contributed by atoms with Crippen molar-refractivity contribution in [1.82, 2.24) is 9.55 Å². The first-order valence-electron chi connectivity index (χ1n) is 9.84. The minimum Gasteiger partial charge on any atom is -0.323 e. The third-order valence-electron chi connectivity index (χ3n) is 5.14. The molecule has 0 saturated heterocycles. The molecule has 0 unspecified atom stereocenters. The Kier molecular flexibility index (Phi) is 5.31. The highest BCUT2D eigenvalue weighted by Crippen LogP contribution is 2.24. The van der Waals surface area contributed by atoms with Gasteiger partial charge in [0.05, 0.1) is 16.9 Å². The number of amides is 2. The number of benzene rings is 2. The van der Waals surface area contributed by atoms with Gasteiger partial charge in [0.25, 0.3) is 11.8 Å². The van der Waals surface area contributed by atoms with E-state index in [1.54, 1.807) is 24.3 Å². The number of nitrogens with one attached hydrogen (secondary N) is 2. The molecule has 4 rings (SSSR count). The number of para-hydroxylation sites is 1. The van der Waals surface area contributed by atoms with Gasteiger partial charge in [-0.3, -0.25) is 9.59 Å². The summed E-state index contributed by atoms with van der Waals surface area (Å²) >= 11 is 0. The average molecular weight is 399 g/mol. The highest BCUT2D eigenvalue weighted by atomic mass is 16.2. The van der Waals surface area contributed by atoms with Gasteiger partial charge in [-0.2, -0.15) is 5.26 Å². The number of nitriles is 1. The number of nitrogens with zero attached hydrogens (tertiary/aromatic N) is 3. The van der Waals surface area contributed by atoms with E-state index in [0.29, 0.717) is 29.9 Å². The van der Waals surface area contributed by atoms with Crippen LogP contribution in [0.25, 0.3) is 0 Å². The minimum atomic E-state index is -0.419. The van der Waals surface area contributed by atoms with E-state index < -0.39 is 5.91 Å². The molecule has 2 amide bonds. The Morgan fingerprint density at radius 2 is 1.80 bits per heavy atom. The van der Waals surface area contributed by atoms with Gasteiger partial charge < -0.3 is 15.2 Å².